The first kappa shape index (κ1) is 19.0. The highest BCUT2D eigenvalue weighted by Gasteiger charge is 2.47. The van der Waals surface area contributed by atoms with Gasteiger partial charge in [0.15, 0.2) is 0 Å². The number of nitrogens with zero attached hydrogens (tertiary/aromatic N) is 2. The Morgan fingerprint density at radius 1 is 1.03 bits per heavy atom. The smallest absolute Gasteiger partial charge is 0.300 e. The third-order valence-corrected chi connectivity index (χ3v) is 5.20. The van der Waals surface area contributed by atoms with Crippen LogP contribution in [0.2, 0.25) is 0 Å². The van der Waals surface area contributed by atoms with Gasteiger partial charge in [-0.15, -0.1) is 0 Å². The van der Waals surface area contributed by atoms with E-state index in [-0.39, 0.29) is 17.0 Å². The minimum atomic E-state index is -0.913. The predicted octanol–water partition coefficient (Wildman–Crippen LogP) is 4.61. The van der Waals surface area contributed by atoms with Gasteiger partial charge < -0.3 is 5.11 Å². The van der Waals surface area contributed by atoms with Crippen molar-refractivity contribution in [2.45, 2.75) is 6.04 Å². The Morgan fingerprint density at radius 2 is 1.72 bits per heavy atom. The fourth-order valence-corrected chi connectivity index (χ4v) is 3.61. The monoisotopic (exact) mass is 452 g/mol. The number of hydrogen-bond acceptors (Lipinski definition) is 4. The molecule has 5 nitrogen and oxygen atoms in total. The third kappa shape index (κ3) is 3.45. The molecule has 2 aromatic carbocycles. The van der Waals surface area contributed by atoms with Gasteiger partial charge in [-0.1, -0.05) is 34.1 Å². The number of carbonyl (C=O) groups is 2. The molecule has 0 radical (unpaired) electrons. The molecular formula is C22H14BrFN2O3. The molecule has 0 saturated carbocycles. The van der Waals surface area contributed by atoms with Crippen molar-refractivity contribution < 1.29 is 19.1 Å². The van der Waals surface area contributed by atoms with Crippen molar-refractivity contribution in [1.82, 2.24) is 4.98 Å². The van der Waals surface area contributed by atoms with E-state index < -0.39 is 23.5 Å². The summed E-state index contributed by atoms with van der Waals surface area (Å²) in [5, 5.41) is 10.9. The zero-order valence-corrected chi connectivity index (χ0v) is 16.5. The normalized spacial score (nSPS) is 18.3. The molecule has 1 fully saturated rings. The number of aliphatic hydroxyl groups excluding tert-OH is 1. The van der Waals surface area contributed by atoms with Crippen LogP contribution >= 0.6 is 15.9 Å². The van der Waals surface area contributed by atoms with Crippen molar-refractivity contribution in [3.8, 4) is 0 Å². The van der Waals surface area contributed by atoms with E-state index in [1.54, 1.807) is 42.5 Å². The average Bonchev–Trinajstić information content (AvgIpc) is 2.99. The van der Waals surface area contributed by atoms with Crippen LogP contribution in [0.25, 0.3) is 5.76 Å². The summed E-state index contributed by atoms with van der Waals surface area (Å²) in [6.45, 7) is 0. The number of halogens is 2. The van der Waals surface area contributed by atoms with Gasteiger partial charge in [0.25, 0.3) is 11.7 Å². The molecule has 1 aromatic heterocycles. The molecule has 144 valence electrons. The number of rotatable bonds is 3. The van der Waals surface area contributed by atoms with Crippen LogP contribution in [-0.2, 0) is 9.59 Å². The summed E-state index contributed by atoms with van der Waals surface area (Å²) in [5.74, 6) is -2.50. The van der Waals surface area contributed by atoms with Crippen molar-refractivity contribution in [2.24, 2.45) is 0 Å². The number of pyridine rings is 1. The van der Waals surface area contributed by atoms with Crippen molar-refractivity contribution in [3.63, 3.8) is 0 Å². The zero-order valence-electron chi connectivity index (χ0n) is 14.9. The van der Waals surface area contributed by atoms with Crippen LogP contribution in [0.1, 0.15) is 17.2 Å². The topological polar surface area (TPSA) is 70.5 Å². The van der Waals surface area contributed by atoms with Crippen LogP contribution in [0, 0.1) is 5.82 Å². The summed E-state index contributed by atoms with van der Waals surface area (Å²) < 4.78 is 14.6. The van der Waals surface area contributed by atoms with Crippen LogP contribution < -0.4 is 4.90 Å². The molecule has 1 saturated heterocycles. The first-order valence-corrected chi connectivity index (χ1v) is 9.49. The molecule has 1 unspecified atom stereocenters. The van der Waals surface area contributed by atoms with E-state index >= 15 is 0 Å². The van der Waals surface area contributed by atoms with E-state index in [2.05, 4.69) is 20.9 Å². The van der Waals surface area contributed by atoms with Gasteiger partial charge in [-0.25, -0.2) is 4.39 Å². The fourth-order valence-electron chi connectivity index (χ4n) is 3.35. The Labute approximate surface area is 174 Å². The van der Waals surface area contributed by atoms with Crippen LogP contribution in [0.3, 0.4) is 0 Å². The van der Waals surface area contributed by atoms with Gasteiger partial charge >= 0.3 is 0 Å². The van der Waals surface area contributed by atoms with Gasteiger partial charge in [0, 0.05) is 28.1 Å². The van der Waals surface area contributed by atoms with E-state index in [0.29, 0.717) is 11.1 Å². The highest BCUT2D eigenvalue weighted by molar-refractivity contribution is 9.10. The molecule has 0 spiro atoms. The van der Waals surface area contributed by atoms with Gasteiger partial charge in [0.1, 0.15) is 11.6 Å². The Bertz CT molecular complexity index is 1130. The number of ketones is 1. The van der Waals surface area contributed by atoms with Gasteiger partial charge in [-0.2, -0.15) is 0 Å². The summed E-state index contributed by atoms with van der Waals surface area (Å²) in [7, 11) is 0. The Balaban J connectivity index is 1.94. The first-order chi connectivity index (χ1) is 14.0. The maximum absolute atomic E-state index is 13.8. The molecule has 2 heterocycles. The van der Waals surface area contributed by atoms with Crippen molar-refractivity contribution in [1.29, 1.82) is 0 Å². The number of anilines is 1. The molecule has 0 bridgehead atoms. The quantitative estimate of drug-likeness (QED) is 0.357. The van der Waals surface area contributed by atoms with Gasteiger partial charge in [0.05, 0.1) is 11.6 Å². The molecule has 0 aliphatic carbocycles. The van der Waals surface area contributed by atoms with Gasteiger partial charge in [0.2, 0.25) is 0 Å². The summed E-state index contributed by atoms with van der Waals surface area (Å²) in [6.07, 6.45) is 3.06. The lowest BCUT2D eigenvalue weighted by atomic mass is 9.96. The second-order valence-electron chi connectivity index (χ2n) is 6.44. The summed E-state index contributed by atoms with van der Waals surface area (Å²) in [4.78, 5) is 31.0. The minimum Gasteiger partial charge on any atom is -0.507 e. The lowest BCUT2D eigenvalue weighted by Crippen LogP contribution is -2.29. The Morgan fingerprint density at radius 3 is 2.38 bits per heavy atom. The van der Waals surface area contributed by atoms with Crippen molar-refractivity contribution in [3.05, 3.63) is 100 Å². The molecule has 1 aliphatic rings. The van der Waals surface area contributed by atoms with Crippen molar-refractivity contribution >= 4 is 39.1 Å². The number of aliphatic hydroxyl groups is 1. The van der Waals surface area contributed by atoms with E-state index in [4.69, 9.17) is 0 Å². The van der Waals surface area contributed by atoms with E-state index in [1.807, 2.05) is 0 Å². The van der Waals surface area contributed by atoms with E-state index in [0.717, 1.165) is 4.47 Å². The first-order valence-electron chi connectivity index (χ1n) is 8.70. The lowest BCUT2D eigenvalue weighted by molar-refractivity contribution is -0.132. The number of Topliss-reactive ketones (excluding diaryl/α,β-unsaturated/α-hetero) is 1. The summed E-state index contributed by atoms with van der Waals surface area (Å²) in [6, 6.07) is 14.5. The predicted molar refractivity (Wildman–Crippen MR) is 110 cm³/mol. The summed E-state index contributed by atoms with van der Waals surface area (Å²) in [5.41, 5.74) is 1.13. The lowest BCUT2D eigenvalue weighted by Gasteiger charge is -2.25. The molecule has 29 heavy (non-hydrogen) atoms. The Hall–Kier alpha value is -3.32. The standard InChI is InChI=1S/C22H14BrFN2O3/c23-15-6-4-14(5-7-15)20(27)18-19(13-8-10-25-11-9-13)26(22(29)21(18)28)17-3-1-2-16(24)12-17/h1-12,19,27H/b20-18+. The average molecular weight is 453 g/mol. The molecule has 1 atom stereocenters. The molecule has 1 aliphatic heterocycles. The third-order valence-electron chi connectivity index (χ3n) is 4.67. The maximum atomic E-state index is 13.8. The highest BCUT2D eigenvalue weighted by Crippen LogP contribution is 2.42. The van der Waals surface area contributed by atoms with E-state index in [1.165, 1.54) is 35.5 Å². The molecule has 1 amide bonds. The maximum Gasteiger partial charge on any atom is 0.300 e. The van der Waals surface area contributed by atoms with Gasteiger partial charge in [-0.3, -0.25) is 19.5 Å². The van der Waals surface area contributed by atoms with Crippen LogP contribution in [0.4, 0.5) is 10.1 Å². The molecule has 4 rings (SSSR count). The zero-order chi connectivity index (χ0) is 20.5. The largest absolute Gasteiger partial charge is 0.507 e. The molecule has 3 aromatic rings. The van der Waals surface area contributed by atoms with Crippen molar-refractivity contribution in [2.75, 3.05) is 4.90 Å². The van der Waals surface area contributed by atoms with Crippen LogP contribution in [-0.4, -0.2) is 21.8 Å². The second kappa shape index (κ2) is 7.60. The number of hydrogen-bond donors (Lipinski definition) is 1. The molecule has 7 heteroatoms. The molecular weight excluding hydrogens is 439 g/mol. The number of aromatic nitrogens is 1. The number of amides is 1. The van der Waals surface area contributed by atoms with Gasteiger partial charge in [-0.05, 0) is 48.0 Å². The second-order valence-corrected chi connectivity index (χ2v) is 7.35. The van der Waals surface area contributed by atoms with Crippen LogP contribution in [0.15, 0.2) is 83.1 Å². The van der Waals surface area contributed by atoms with E-state index in [9.17, 15) is 19.1 Å². The summed E-state index contributed by atoms with van der Waals surface area (Å²) >= 11 is 3.33. The highest BCUT2D eigenvalue weighted by atomic mass is 79.9. The SMILES string of the molecule is O=C1C(=O)N(c2cccc(F)c2)C(c2ccncc2)/C1=C(\O)c1ccc(Br)cc1. The number of carbonyl (C=O) groups excluding carboxylic acids is 2. The molecule has 1 N–H and O–H groups in total. The van der Waals surface area contributed by atoms with Crippen LogP contribution in [0.5, 0.6) is 0 Å². The number of benzene rings is 2. The Kier molecular flexibility index (Phi) is 4.98. The fraction of sp³-hybridized carbons (Fsp3) is 0.0455. The minimum absolute atomic E-state index is 0.0622.